The van der Waals surface area contributed by atoms with E-state index in [4.69, 9.17) is 10.00 Å². The molecule has 142 valence electrons. The fourth-order valence-corrected chi connectivity index (χ4v) is 3.51. The van der Waals surface area contributed by atoms with Gasteiger partial charge in [-0.05, 0) is 48.4 Å². The van der Waals surface area contributed by atoms with Crippen LogP contribution in [0.25, 0.3) is 0 Å². The molecule has 0 fully saturated rings. The molecule has 0 spiro atoms. The van der Waals surface area contributed by atoms with Gasteiger partial charge in [-0.15, -0.1) is 0 Å². The molecule has 0 aliphatic carbocycles. The van der Waals surface area contributed by atoms with Crippen LogP contribution in [-0.4, -0.2) is 39.1 Å². The van der Waals surface area contributed by atoms with Gasteiger partial charge in [0.1, 0.15) is 24.1 Å². The Labute approximate surface area is 157 Å². The molecular formula is C18H19N3O5S. The maximum absolute atomic E-state index is 12.6. The van der Waals surface area contributed by atoms with E-state index in [0.29, 0.717) is 11.3 Å². The van der Waals surface area contributed by atoms with Crippen LogP contribution < -0.4 is 14.8 Å². The number of hydrogen-bond donors (Lipinski definition) is 3. The first-order valence-corrected chi connectivity index (χ1v) is 9.43. The Balaban J connectivity index is 2.24. The summed E-state index contributed by atoms with van der Waals surface area (Å²) in [6.45, 7) is -0.241. The molecular weight excluding hydrogens is 370 g/mol. The van der Waals surface area contributed by atoms with Gasteiger partial charge in [0.05, 0.1) is 18.1 Å². The molecule has 9 heteroatoms. The zero-order valence-corrected chi connectivity index (χ0v) is 15.4. The average Bonchev–Trinajstić information content (AvgIpc) is 2.67. The predicted octanol–water partition coefficient (Wildman–Crippen LogP) is 0.930. The van der Waals surface area contributed by atoms with E-state index >= 15 is 0 Å². The summed E-state index contributed by atoms with van der Waals surface area (Å²) in [6.07, 6.45) is 0.0485. The highest BCUT2D eigenvalue weighted by molar-refractivity contribution is 7.89. The largest absolute Gasteiger partial charge is 0.508 e. The van der Waals surface area contributed by atoms with Crippen molar-refractivity contribution in [1.82, 2.24) is 10.0 Å². The van der Waals surface area contributed by atoms with Crippen molar-refractivity contribution in [3.05, 3.63) is 54.1 Å². The van der Waals surface area contributed by atoms with Crippen molar-refractivity contribution in [1.29, 1.82) is 5.26 Å². The molecule has 0 bridgehead atoms. The number of nitrogens with one attached hydrogen (secondary N) is 2. The minimum Gasteiger partial charge on any atom is -0.508 e. The summed E-state index contributed by atoms with van der Waals surface area (Å²) in [6, 6.07) is 12.4. The van der Waals surface area contributed by atoms with Crippen LogP contribution in [0, 0.1) is 11.3 Å². The lowest BCUT2D eigenvalue weighted by Gasteiger charge is -2.18. The zero-order chi connectivity index (χ0) is 19.9. The van der Waals surface area contributed by atoms with Gasteiger partial charge in [-0.25, -0.2) is 8.42 Å². The van der Waals surface area contributed by atoms with E-state index in [9.17, 15) is 18.3 Å². The van der Waals surface area contributed by atoms with Crippen LogP contribution in [0.3, 0.4) is 0 Å². The second kappa shape index (κ2) is 9.02. The highest BCUT2D eigenvalue weighted by atomic mass is 32.2. The molecule has 8 nitrogen and oxygen atoms in total. The van der Waals surface area contributed by atoms with Crippen LogP contribution in [0.5, 0.6) is 11.5 Å². The van der Waals surface area contributed by atoms with E-state index < -0.39 is 22.0 Å². The number of nitriles is 1. The Hall–Kier alpha value is -3.09. The summed E-state index contributed by atoms with van der Waals surface area (Å²) in [5.41, 5.74) is 0.641. The van der Waals surface area contributed by atoms with E-state index in [1.54, 1.807) is 18.2 Å². The number of sulfonamides is 1. The molecule has 0 aromatic heterocycles. The topological polar surface area (TPSA) is 129 Å². The lowest BCUT2D eigenvalue weighted by Crippen LogP contribution is -2.48. The van der Waals surface area contributed by atoms with Gasteiger partial charge in [-0.3, -0.25) is 4.79 Å². The van der Waals surface area contributed by atoms with E-state index in [0.717, 1.165) is 0 Å². The molecule has 0 radical (unpaired) electrons. The molecule has 2 aromatic carbocycles. The number of hydrogen-bond acceptors (Lipinski definition) is 6. The highest BCUT2D eigenvalue weighted by Gasteiger charge is 2.26. The van der Waals surface area contributed by atoms with Gasteiger partial charge in [0.2, 0.25) is 15.9 Å². The maximum Gasteiger partial charge on any atom is 0.241 e. The lowest BCUT2D eigenvalue weighted by atomic mass is 10.1. The van der Waals surface area contributed by atoms with Crippen molar-refractivity contribution in [3.8, 4) is 17.6 Å². The summed E-state index contributed by atoms with van der Waals surface area (Å²) in [5, 5.41) is 20.4. The fourth-order valence-electron chi connectivity index (χ4n) is 2.32. The summed E-state index contributed by atoms with van der Waals surface area (Å²) in [4.78, 5) is 12.3. The summed E-state index contributed by atoms with van der Waals surface area (Å²) < 4.78 is 32.6. The third-order valence-electron chi connectivity index (χ3n) is 3.70. The van der Waals surface area contributed by atoms with Crippen LogP contribution in [0.4, 0.5) is 0 Å². The van der Waals surface area contributed by atoms with Crippen LogP contribution in [-0.2, 0) is 21.2 Å². The zero-order valence-electron chi connectivity index (χ0n) is 14.5. The Bertz CT molecular complexity index is 919. The van der Waals surface area contributed by atoms with Gasteiger partial charge in [0, 0.05) is 0 Å². The molecule has 27 heavy (non-hydrogen) atoms. The summed E-state index contributed by atoms with van der Waals surface area (Å²) in [7, 11) is -2.51. The monoisotopic (exact) mass is 389 g/mol. The maximum atomic E-state index is 12.6. The standard InChI is InChI=1S/C18H19N3O5S/c1-26-15-6-8-16(9-7-15)27(24,25)21-17(18(23)20-11-10-19)12-13-2-4-14(22)5-3-13/h2-9,17,21-22H,11-12H2,1H3,(H,20,23). The Kier molecular flexibility index (Phi) is 6.76. The molecule has 3 N–H and O–H groups in total. The molecule has 1 amide bonds. The number of phenolic OH excluding ortho intramolecular Hbond substituents is 1. The second-order valence-corrected chi connectivity index (χ2v) is 7.31. The number of nitrogens with zero attached hydrogens (tertiary/aromatic N) is 1. The number of ether oxygens (including phenoxy) is 1. The second-order valence-electron chi connectivity index (χ2n) is 5.60. The molecule has 0 saturated carbocycles. The SMILES string of the molecule is COc1ccc(S(=O)(=O)NC(Cc2ccc(O)cc2)C(=O)NCC#N)cc1. The quantitative estimate of drug-likeness (QED) is 0.576. The van der Waals surface area contributed by atoms with Gasteiger partial charge < -0.3 is 15.2 Å². The molecule has 2 aromatic rings. The van der Waals surface area contributed by atoms with Crippen molar-refractivity contribution in [2.45, 2.75) is 17.4 Å². The van der Waals surface area contributed by atoms with Gasteiger partial charge in [-0.1, -0.05) is 12.1 Å². The number of phenols is 1. The van der Waals surface area contributed by atoms with Crippen LogP contribution in [0.1, 0.15) is 5.56 Å². The number of rotatable bonds is 8. The number of carbonyl (C=O) groups excluding carboxylic acids is 1. The van der Waals surface area contributed by atoms with E-state index in [1.165, 1.54) is 43.5 Å². The first kappa shape index (κ1) is 20.2. The molecule has 2 rings (SSSR count). The van der Waals surface area contributed by atoms with Crippen LogP contribution >= 0.6 is 0 Å². The molecule has 1 atom stereocenters. The Morgan fingerprint density at radius 2 is 1.81 bits per heavy atom. The Morgan fingerprint density at radius 3 is 2.37 bits per heavy atom. The third kappa shape index (κ3) is 5.70. The summed E-state index contributed by atoms with van der Waals surface area (Å²) in [5.74, 6) is -0.0638. The van der Waals surface area contributed by atoms with Gasteiger partial charge in [0.25, 0.3) is 0 Å². The van der Waals surface area contributed by atoms with E-state index in [1.807, 2.05) is 0 Å². The average molecular weight is 389 g/mol. The fraction of sp³-hybridized carbons (Fsp3) is 0.222. The molecule has 0 aliphatic heterocycles. The summed E-state index contributed by atoms with van der Waals surface area (Å²) >= 11 is 0. The first-order valence-electron chi connectivity index (χ1n) is 7.94. The molecule has 0 heterocycles. The van der Waals surface area contributed by atoms with Crippen molar-refractivity contribution < 1.29 is 23.1 Å². The number of benzene rings is 2. The predicted molar refractivity (Wildman–Crippen MR) is 97.5 cm³/mol. The molecule has 1 unspecified atom stereocenters. The van der Waals surface area contributed by atoms with Gasteiger partial charge in [0.15, 0.2) is 0 Å². The van der Waals surface area contributed by atoms with Crippen molar-refractivity contribution in [3.63, 3.8) is 0 Å². The Morgan fingerprint density at radius 1 is 1.19 bits per heavy atom. The minimum absolute atomic E-state index is 0.0212. The highest BCUT2D eigenvalue weighted by Crippen LogP contribution is 2.17. The number of amides is 1. The van der Waals surface area contributed by atoms with E-state index in [-0.39, 0.29) is 23.6 Å². The van der Waals surface area contributed by atoms with Crippen molar-refractivity contribution in [2.75, 3.05) is 13.7 Å². The van der Waals surface area contributed by atoms with E-state index in [2.05, 4.69) is 10.0 Å². The minimum atomic E-state index is -3.98. The molecule has 0 aliphatic rings. The van der Waals surface area contributed by atoms with Crippen molar-refractivity contribution >= 4 is 15.9 Å². The van der Waals surface area contributed by atoms with Crippen LogP contribution in [0.15, 0.2) is 53.4 Å². The number of carbonyl (C=O) groups is 1. The first-order chi connectivity index (χ1) is 12.9. The van der Waals surface area contributed by atoms with Gasteiger partial charge in [-0.2, -0.15) is 9.98 Å². The third-order valence-corrected chi connectivity index (χ3v) is 5.19. The number of methoxy groups -OCH3 is 1. The van der Waals surface area contributed by atoms with Crippen molar-refractivity contribution in [2.24, 2.45) is 0 Å². The van der Waals surface area contributed by atoms with Crippen LogP contribution in [0.2, 0.25) is 0 Å². The normalized spacial score (nSPS) is 12.0. The van der Waals surface area contributed by atoms with Gasteiger partial charge >= 0.3 is 0 Å². The lowest BCUT2D eigenvalue weighted by molar-refractivity contribution is -0.122. The number of aromatic hydroxyl groups is 1. The smallest absolute Gasteiger partial charge is 0.241 e. The molecule has 0 saturated heterocycles.